The number of carbonyl (C=O) groups is 2. The predicted octanol–water partition coefficient (Wildman–Crippen LogP) is 2.40. The highest BCUT2D eigenvalue weighted by Crippen LogP contribution is 2.50. The zero-order valence-electron chi connectivity index (χ0n) is 10.6. The molecule has 2 unspecified atom stereocenters. The van der Waals surface area contributed by atoms with Crippen LogP contribution in [0.25, 0.3) is 0 Å². The minimum atomic E-state index is -1.06. The summed E-state index contributed by atoms with van der Waals surface area (Å²) < 4.78 is 15.9. The fourth-order valence-corrected chi connectivity index (χ4v) is 3.64. The minimum absolute atomic E-state index is 0.0255. The zero-order chi connectivity index (χ0) is 14.3. The standard InChI is InChI=1S/C12H12ClNO5S/c1-17-11(16)19-12(4-7-8(5-12)18-7)14(6-15)10-3-2-9(13)20-10/h2-3,6-8H,4-5H2,1H3. The Morgan fingerprint density at radius 2 is 2.25 bits per heavy atom. The van der Waals surface area contributed by atoms with Crippen LogP contribution in [0.5, 0.6) is 0 Å². The summed E-state index contributed by atoms with van der Waals surface area (Å²) in [4.78, 5) is 24.4. The molecule has 2 atom stereocenters. The Morgan fingerprint density at radius 1 is 1.55 bits per heavy atom. The molecule has 1 amide bonds. The van der Waals surface area contributed by atoms with E-state index in [0.717, 1.165) is 0 Å². The SMILES string of the molecule is COC(=O)OC1(N(C=O)c2ccc(Cl)s2)CC2OC2C1. The Labute approximate surface area is 124 Å². The van der Waals surface area contributed by atoms with Gasteiger partial charge >= 0.3 is 6.16 Å². The van der Waals surface area contributed by atoms with Gasteiger partial charge in [-0.05, 0) is 12.1 Å². The minimum Gasteiger partial charge on any atom is -0.438 e. The van der Waals surface area contributed by atoms with Gasteiger partial charge in [0.25, 0.3) is 0 Å². The molecule has 2 heterocycles. The number of hydrogen-bond acceptors (Lipinski definition) is 6. The molecule has 0 spiro atoms. The number of halogens is 1. The average molecular weight is 318 g/mol. The number of anilines is 1. The van der Waals surface area contributed by atoms with Crippen molar-refractivity contribution in [1.82, 2.24) is 0 Å². The number of epoxide rings is 1. The first-order valence-corrected chi connectivity index (χ1v) is 7.20. The van der Waals surface area contributed by atoms with Gasteiger partial charge < -0.3 is 14.2 Å². The van der Waals surface area contributed by atoms with Gasteiger partial charge in [-0.1, -0.05) is 11.6 Å². The van der Waals surface area contributed by atoms with E-state index in [0.29, 0.717) is 28.6 Å². The lowest BCUT2D eigenvalue weighted by Crippen LogP contribution is -2.51. The number of ether oxygens (including phenoxy) is 3. The molecule has 2 aliphatic rings. The van der Waals surface area contributed by atoms with Crippen molar-refractivity contribution in [3.05, 3.63) is 16.5 Å². The molecule has 0 N–H and O–H groups in total. The first kappa shape index (κ1) is 13.7. The molecular weight excluding hydrogens is 306 g/mol. The summed E-state index contributed by atoms with van der Waals surface area (Å²) in [5, 5.41) is 0.621. The lowest BCUT2D eigenvalue weighted by atomic mass is 10.1. The van der Waals surface area contributed by atoms with Crippen molar-refractivity contribution >= 4 is 40.5 Å². The van der Waals surface area contributed by atoms with Crippen LogP contribution in [0.3, 0.4) is 0 Å². The van der Waals surface area contributed by atoms with Crippen LogP contribution in [0.1, 0.15) is 12.8 Å². The molecule has 20 heavy (non-hydrogen) atoms. The van der Waals surface area contributed by atoms with Gasteiger partial charge in [0.05, 0.1) is 23.7 Å². The molecule has 3 rings (SSSR count). The maximum absolute atomic E-state index is 11.5. The summed E-state index contributed by atoms with van der Waals surface area (Å²) in [7, 11) is 1.23. The van der Waals surface area contributed by atoms with Crippen molar-refractivity contribution in [1.29, 1.82) is 0 Å². The van der Waals surface area contributed by atoms with Crippen LogP contribution >= 0.6 is 22.9 Å². The molecule has 6 nitrogen and oxygen atoms in total. The number of hydrogen-bond donors (Lipinski definition) is 0. The van der Waals surface area contributed by atoms with Crippen LogP contribution in [0.4, 0.5) is 9.80 Å². The highest BCUT2D eigenvalue weighted by atomic mass is 35.5. The van der Waals surface area contributed by atoms with Crippen LogP contribution in [-0.4, -0.2) is 37.6 Å². The van der Waals surface area contributed by atoms with Crippen molar-refractivity contribution in [2.45, 2.75) is 30.8 Å². The van der Waals surface area contributed by atoms with Crippen LogP contribution in [0.15, 0.2) is 12.1 Å². The zero-order valence-corrected chi connectivity index (χ0v) is 12.1. The maximum atomic E-state index is 11.5. The topological polar surface area (TPSA) is 68.4 Å². The molecule has 1 aromatic rings. The largest absolute Gasteiger partial charge is 0.510 e. The number of fused-ring (bicyclic) bond motifs is 1. The van der Waals surface area contributed by atoms with Gasteiger partial charge in [-0.25, -0.2) is 4.79 Å². The third-order valence-corrected chi connectivity index (χ3v) is 4.74. The van der Waals surface area contributed by atoms with Crippen molar-refractivity contribution in [2.24, 2.45) is 0 Å². The Kier molecular flexibility index (Phi) is 3.35. The summed E-state index contributed by atoms with van der Waals surface area (Å²) in [6.07, 6.45) is 0.744. The summed E-state index contributed by atoms with van der Waals surface area (Å²) in [5.74, 6) is 0. The van der Waals surface area contributed by atoms with E-state index in [4.69, 9.17) is 21.1 Å². The van der Waals surface area contributed by atoms with E-state index in [1.54, 1.807) is 12.1 Å². The molecule has 1 aromatic heterocycles. The summed E-state index contributed by atoms with van der Waals surface area (Å²) >= 11 is 7.15. The number of amides is 1. The molecule has 8 heteroatoms. The first-order valence-electron chi connectivity index (χ1n) is 6.00. The fraction of sp³-hybridized carbons (Fsp3) is 0.500. The second-order valence-electron chi connectivity index (χ2n) is 4.68. The molecule has 0 radical (unpaired) electrons. The van der Waals surface area contributed by atoms with Crippen molar-refractivity contribution in [3.63, 3.8) is 0 Å². The summed E-state index contributed by atoms with van der Waals surface area (Å²) in [5.41, 5.74) is -1.06. The highest BCUT2D eigenvalue weighted by Gasteiger charge is 2.61. The molecule has 108 valence electrons. The Balaban J connectivity index is 1.91. The second kappa shape index (κ2) is 4.91. The van der Waals surface area contributed by atoms with Gasteiger partial charge in [0.2, 0.25) is 12.1 Å². The summed E-state index contributed by atoms with van der Waals surface area (Å²) in [6, 6.07) is 3.41. The first-order chi connectivity index (χ1) is 9.58. The van der Waals surface area contributed by atoms with Gasteiger partial charge in [-0.3, -0.25) is 9.69 Å². The van der Waals surface area contributed by atoms with Crippen LogP contribution in [0.2, 0.25) is 4.34 Å². The van der Waals surface area contributed by atoms with Gasteiger partial charge in [-0.15, -0.1) is 11.3 Å². The van der Waals surface area contributed by atoms with Crippen molar-refractivity contribution < 1.29 is 23.8 Å². The third-order valence-electron chi connectivity index (χ3n) is 3.51. The van der Waals surface area contributed by atoms with E-state index in [1.807, 2.05) is 0 Å². The third kappa shape index (κ3) is 2.25. The Morgan fingerprint density at radius 3 is 2.75 bits per heavy atom. The van der Waals surface area contributed by atoms with Crippen LogP contribution in [-0.2, 0) is 19.0 Å². The van der Waals surface area contributed by atoms with Gasteiger partial charge in [-0.2, -0.15) is 0 Å². The van der Waals surface area contributed by atoms with Crippen LogP contribution in [0, 0.1) is 0 Å². The number of thiophene rings is 1. The number of methoxy groups -OCH3 is 1. The Hall–Kier alpha value is -1.31. The molecule has 2 fully saturated rings. The van der Waals surface area contributed by atoms with E-state index in [-0.39, 0.29) is 12.2 Å². The smallest absolute Gasteiger partial charge is 0.438 e. The van der Waals surface area contributed by atoms with Crippen molar-refractivity contribution in [3.8, 4) is 0 Å². The van der Waals surface area contributed by atoms with Crippen molar-refractivity contribution in [2.75, 3.05) is 12.0 Å². The van der Waals surface area contributed by atoms with Gasteiger partial charge in [0.1, 0.15) is 5.00 Å². The molecule has 1 aliphatic carbocycles. The lowest BCUT2D eigenvalue weighted by Gasteiger charge is -2.37. The van der Waals surface area contributed by atoms with Crippen LogP contribution < -0.4 is 4.90 Å². The summed E-state index contributed by atoms with van der Waals surface area (Å²) in [6.45, 7) is 0. The van der Waals surface area contributed by atoms with Gasteiger partial charge in [0, 0.05) is 12.8 Å². The molecule has 1 saturated heterocycles. The van der Waals surface area contributed by atoms with E-state index in [9.17, 15) is 9.59 Å². The van der Waals surface area contributed by atoms with Gasteiger partial charge in [0.15, 0.2) is 0 Å². The predicted molar refractivity (Wildman–Crippen MR) is 72.0 cm³/mol. The Bertz CT molecular complexity index is 538. The quantitative estimate of drug-likeness (QED) is 0.369. The number of carbonyl (C=O) groups excluding carboxylic acids is 2. The maximum Gasteiger partial charge on any atom is 0.510 e. The fourth-order valence-electron chi connectivity index (χ4n) is 2.56. The van der Waals surface area contributed by atoms with E-state index >= 15 is 0 Å². The molecular formula is C12H12ClNO5S. The van der Waals surface area contributed by atoms with E-state index in [1.165, 1.54) is 23.3 Å². The average Bonchev–Trinajstić information content (AvgIpc) is 2.83. The lowest BCUT2D eigenvalue weighted by molar-refractivity contribution is -0.113. The normalized spacial score (nSPS) is 30.5. The monoisotopic (exact) mass is 317 g/mol. The molecule has 0 bridgehead atoms. The number of nitrogens with zero attached hydrogens (tertiary/aromatic N) is 1. The molecule has 1 saturated carbocycles. The van der Waals surface area contributed by atoms with E-state index < -0.39 is 11.9 Å². The molecule has 0 aromatic carbocycles. The second-order valence-corrected chi connectivity index (χ2v) is 6.37. The van der Waals surface area contributed by atoms with E-state index in [2.05, 4.69) is 4.74 Å². The molecule has 1 aliphatic heterocycles. The number of rotatable bonds is 4. The highest BCUT2D eigenvalue weighted by molar-refractivity contribution is 7.20.